The SMILES string of the molecule is CC(C)OCCC(=O)N1CCC[C@@H](N(C)Cc2ccccn2)CC1. The van der Waals surface area contributed by atoms with Gasteiger partial charge in [0, 0.05) is 31.9 Å². The first-order valence-electron chi connectivity index (χ1n) is 9.05. The number of hydrogen-bond donors (Lipinski definition) is 0. The molecule has 24 heavy (non-hydrogen) atoms. The fraction of sp³-hybridized carbons (Fsp3) is 0.684. The number of pyridine rings is 1. The number of amides is 1. The van der Waals surface area contributed by atoms with Crippen molar-refractivity contribution >= 4 is 5.91 Å². The van der Waals surface area contributed by atoms with Gasteiger partial charge in [-0.3, -0.25) is 14.7 Å². The molecule has 0 saturated carbocycles. The molecule has 5 heteroatoms. The number of ether oxygens (including phenoxy) is 1. The van der Waals surface area contributed by atoms with Gasteiger partial charge in [0.15, 0.2) is 0 Å². The predicted octanol–water partition coefficient (Wildman–Crippen LogP) is 2.71. The summed E-state index contributed by atoms with van der Waals surface area (Å²) in [6.07, 6.45) is 5.75. The second-order valence-electron chi connectivity index (χ2n) is 6.87. The van der Waals surface area contributed by atoms with Crippen molar-refractivity contribution in [3.05, 3.63) is 30.1 Å². The minimum absolute atomic E-state index is 0.187. The summed E-state index contributed by atoms with van der Waals surface area (Å²) in [7, 11) is 2.16. The fourth-order valence-electron chi connectivity index (χ4n) is 3.19. The highest BCUT2D eigenvalue weighted by atomic mass is 16.5. The van der Waals surface area contributed by atoms with Crippen molar-refractivity contribution in [1.29, 1.82) is 0 Å². The summed E-state index contributed by atoms with van der Waals surface area (Å²) in [6, 6.07) is 6.55. The first-order valence-corrected chi connectivity index (χ1v) is 9.05. The van der Waals surface area contributed by atoms with Crippen molar-refractivity contribution < 1.29 is 9.53 Å². The third kappa shape index (κ3) is 6.21. The molecule has 0 aliphatic carbocycles. The summed E-state index contributed by atoms with van der Waals surface area (Å²) >= 11 is 0. The third-order valence-corrected chi connectivity index (χ3v) is 4.58. The molecule has 0 unspecified atom stereocenters. The maximum atomic E-state index is 12.3. The molecule has 1 aromatic rings. The van der Waals surface area contributed by atoms with Crippen LogP contribution in [0.3, 0.4) is 0 Å². The molecule has 0 aromatic carbocycles. The van der Waals surface area contributed by atoms with Crippen LogP contribution in [0.1, 0.15) is 45.2 Å². The van der Waals surface area contributed by atoms with E-state index in [1.807, 2.05) is 37.1 Å². The van der Waals surface area contributed by atoms with Gasteiger partial charge in [-0.1, -0.05) is 6.07 Å². The second-order valence-corrected chi connectivity index (χ2v) is 6.87. The lowest BCUT2D eigenvalue weighted by Crippen LogP contribution is -2.35. The molecule has 1 amide bonds. The number of aromatic nitrogens is 1. The molecular formula is C19H31N3O2. The van der Waals surface area contributed by atoms with E-state index in [9.17, 15) is 4.79 Å². The van der Waals surface area contributed by atoms with Crippen molar-refractivity contribution in [2.75, 3.05) is 26.7 Å². The molecule has 0 spiro atoms. The van der Waals surface area contributed by atoms with E-state index < -0.39 is 0 Å². The largest absolute Gasteiger partial charge is 0.378 e. The number of nitrogens with zero attached hydrogens (tertiary/aromatic N) is 3. The van der Waals surface area contributed by atoms with E-state index >= 15 is 0 Å². The van der Waals surface area contributed by atoms with E-state index in [2.05, 4.69) is 23.0 Å². The highest BCUT2D eigenvalue weighted by Gasteiger charge is 2.23. The average Bonchev–Trinajstić information content (AvgIpc) is 2.81. The Morgan fingerprint density at radius 3 is 2.92 bits per heavy atom. The zero-order valence-corrected chi connectivity index (χ0v) is 15.3. The Kier molecular flexibility index (Phi) is 7.66. The molecule has 1 aromatic heterocycles. The summed E-state index contributed by atoms with van der Waals surface area (Å²) in [6.45, 7) is 7.10. The topological polar surface area (TPSA) is 45.7 Å². The smallest absolute Gasteiger partial charge is 0.224 e. The Balaban J connectivity index is 1.78. The van der Waals surface area contributed by atoms with Crippen LogP contribution in [0.25, 0.3) is 0 Å². The standard InChI is InChI=1S/C19H31N3O2/c1-16(2)24-14-10-19(23)22-12-6-8-18(9-13-22)21(3)15-17-7-4-5-11-20-17/h4-5,7,11,16,18H,6,8-10,12-15H2,1-3H3/t18-/m1/s1. The van der Waals surface area contributed by atoms with E-state index in [0.717, 1.165) is 44.6 Å². The number of carbonyl (C=O) groups is 1. The zero-order valence-electron chi connectivity index (χ0n) is 15.3. The average molecular weight is 333 g/mol. The molecule has 0 bridgehead atoms. The summed E-state index contributed by atoms with van der Waals surface area (Å²) in [5.74, 6) is 0.226. The van der Waals surface area contributed by atoms with Gasteiger partial charge >= 0.3 is 0 Å². The van der Waals surface area contributed by atoms with Gasteiger partial charge < -0.3 is 9.64 Å². The van der Waals surface area contributed by atoms with Crippen LogP contribution >= 0.6 is 0 Å². The van der Waals surface area contributed by atoms with E-state index in [1.165, 1.54) is 0 Å². The minimum Gasteiger partial charge on any atom is -0.378 e. The summed E-state index contributed by atoms with van der Waals surface area (Å²) in [5.41, 5.74) is 1.10. The number of likely N-dealkylation sites (tertiary alicyclic amines) is 1. The molecule has 134 valence electrons. The number of rotatable bonds is 7. The van der Waals surface area contributed by atoms with Gasteiger partial charge in [0.25, 0.3) is 0 Å². The van der Waals surface area contributed by atoms with Crippen molar-refractivity contribution in [3.63, 3.8) is 0 Å². The van der Waals surface area contributed by atoms with Gasteiger partial charge in [0.05, 0.1) is 24.8 Å². The minimum atomic E-state index is 0.187. The van der Waals surface area contributed by atoms with Crippen molar-refractivity contribution in [3.8, 4) is 0 Å². The molecule has 1 fully saturated rings. The Morgan fingerprint density at radius 2 is 2.21 bits per heavy atom. The molecule has 2 heterocycles. The third-order valence-electron chi connectivity index (χ3n) is 4.58. The zero-order chi connectivity index (χ0) is 17.4. The maximum Gasteiger partial charge on any atom is 0.224 e. The van der Waals surface area contributed by atoms with E-state index in [0.29, 0.717) is 19.1 Å². The number of carbonyl (C=O) groups excluding carboxylic acids is 1. The predicted molar refractivity (Wildman–Crippen MR) is 95.6 cm³/mol. The summed E-state index contributed by atoms with van der Waals surface area (Å²) < 4.78 is 5.50. The molecule has 0 N–H and O–H groups in total. The maximum absolute atomic E-state index is 12.3. The monoisotopic (exact) mass is 333 g/mol. The van der Waals surface area contributed by atoms with Gasteiger partial charge in [-0.2, -0.15) is 0 Å². The molecule has 1 atom stereocenters. The first-order chi connectivity index (χ1) is 11.6. The Bertz CT molecular complexity index is 493. The molecule has 1 aliphatic heterocycles. The van der Waals surface area contributed by atoms with Crippen molar-refractivity contribution in [2.24, 2.45) is 0 Å². The molecule has 1 saturated heterocycles. The van der Waals surface area contributed by atoms with Gasteiger partial charge in [0.2, 0.25) is 5.91 Å². The Hall–Kier alpha value is -1.46. The van der Waals surface area contributed by atoms with Gasteiger partial charge in [-0.25, -0.2) is 0 Å². The molecule has 1 aliphatic rings. The molecule has 0 radical (unpaired) electrons. The summed E-state index contributed by atoms with van der Waals surface area (Å²) in [4.78, 5) is 21.1. The Labute approximate surface area is 146 Å². The van der Waals surface area contributed by atoms with Crippen molar-refractivity contribution in [1.82, 2.24) is 14.8 Å². The van der Waals surface area contributed by atoms with Gasteiger partial charge in [0.1, 0.15) is 0 Å². The Morgan fingerprint density at radius 1 is 1.38 bits per heavy atom. The molecule has 5 nitrogen and oxygen atoms in total. The van der Waals surface area contributed by atoms with Crippen LogP contribution in [-0.2, 0) is 16.1 Å². The fourth-order valence-corrected chi connectivity index (χ4v) is 3.19. The van der Waals surface area contributed by atoms with E-state index in [4.69, 9.17) is 4.74 Å². The lowest BCUT2D eigenvalue weighted by Gasteiger charge is -2.27. The van der Waals surface area contributed by atoms with Gasteiger partial charge in [-0.05, 0) is 52.3 Å². The second kappa shape index (κ2) is 9.74. The van der Waals surface area contributed by atoms with Crippen LogP contribution in [0, 0.1) is 0 Å². The van der Waals surface area contributed by atoms with E-state index in [-0.39, 0.29) is 12.0 Å². The van der Waals surface area contributed by atoms with Crippen LogP contribution in [0.4, 0.5) is 0 Å². The highest BCUT2D eigenvalue weighted by molar-refractivity contribution is 5.76. The molecular weight excluding hydrogens is 302 g/mol. The normalized spacial score (nSPS) is 18.9. The summed E-state index contributed by atoms with van der Waals surface area (Å²) in [5, 5.41) is 0. The number of hydrogen-bond acceptors (Lipinski definition) is 4. The molecule has 2 rings (SSSR count). The van der Waals surface area contributed by atoms with Crippen LogP contribution in [0.2, 0.25) is 0 Å². The van der Waals surface area contributed by atoms with Crippen LogP contribution in [-0.4, -0.2) is 59.6 Å². The van der Waals surface area contributed by atoms with Crippen LogP contribution < -0.4 is 0 Å². The lowest BCUT2D eigenvalue weighted by molar-refractivity contribution is -0.132. The van der Waals surface area contributed by atoms with Crippen LogP contribution in [0.15, 0.2) is 24.4 Å². The highest BCUT2D eigenvalue weighted by Crippen LogP contribution is 2.18. The first kappa shape index (κ1) is 18.9. The quantitative estimate of drug-likeness (QED) is 0.770. The van der Waals surface area contributed by atoms with Crippen LogP contribution in [0.5, 0.6) is 0 Å². The lowest BCUT2D eigenvalue weighted by atomic mass is 10.1. The van der Waals surface area contributed by atoms with Crippen molar-refractivity contribution in [2.45, 2.75) is 58.2 Å². The van der Waals surface area contributed by atoms with E-state index in [1.54, 1.807) is 0 Å². The van der Waals surface area contributed by atoms with Gasteiger partial charge in [-0.15, -0.1) is 0 Å².